The summed E-state index contributed by atoms with van der Waals surface area (Å²) < 4.78 is 0. The Morgan fingerprint density at radius 1 is 1.53 bits per heavy atom. The lowest BCUT2D eigenvalue weighted by Gasteiger charge is -2.19. The summed E-state index contributed by atoms with van der Waals surface area (Å²) in [7, 11) is 0. The van der Waals surface area contributed by atoms with Gasteiger partial charge in [-0.3, -0.25) is 4.98 Å². The van der Waals surface area contributed by atoms with Gasteiger partial charge in [-0.15, -0.1) is 0 Å². The first-order valence-electron chi connectivity index (χ1n) is 5.96. The second-order valence-corrected chi connectivity index (χ2v) is 4.66. The third kappa shape index (κ3) is 2.37. The van der Waals surface area contributed by atoms with E-state index in [2.05, 4.69) is 18.0 Å². The van der Waals surface area contributed by atoms with Gasteiger partial charge in [0.25, 0.3) is 0 Å². The Balaban J connectivity index is 2.00. The summed E-state index contributed by atoms with van der Waals surface area (Å²) in [5, 5.41) is 0. The summed E-state index contributed by atoms with van der Waals surface area (Å²) in [5.74, 6) is 1.57. The largest absolute Gasteiger partial charge is 0.324 e. The molecule has 2 heteroatoms. The van der Waals surface area contributed by atoms with Crippen molar-refractivity contribution in [2.24, 2.45) is 17.6 Å². The molecule has 0 saturated heterocycles. The molecule has 1 aliphatic carbocycles. The smallest absolute Gasteiger partial charge is 0.0338 e. The fourth-order valence-electron chi connectivity index (χ4n) is 2.66. The lowest BCUT2D eigenvalue weighted by molar-refractivity contribution is 0.416. The molecule has 1 fully saturated rings. The zero-order chi connectivity index (χ0) is 10.7. The molecule has 1 aromatic rings. The number of aromatic nitrogens is 1. The molecule has 2 nitrogen and oxygen atoms in total. The Kier molecular flexibility index (Phi) is 3.37. The van der Waals surface area contributed by atoms with Gasteiger partial charge in [0.15, 0.2) is 0 Å². The number of nitrogens with two attached hydrogens (primary N) is 1. The third-order valence-corrected chi connectivity index (χ3v) is 3.74. The van der Waals surface area contributed by atoms with Gasteiger partial charge in [0.2, 0.25) is 0 Å². The summed E-state index contributed by atoms with van der Waals surface area (Å²) in [6, 6.07) is 4.26. The molecule has 0 spiro atoms. The summed E-state index contributed by atoms with van der Waals surface area (Å²) >= 11 is 0. The number of rotatable bonds is 3. The van der Waals surface area contributed by atoms with Gasteiger partial charge in [-0.25, -0.2) is 0 Å². The molecule has 3 unspecified atom stereocenters. The minimum absolute atomic E-state index is 0.190. The zero-order valence-electron chi connectivity index (χ0n) is 9.39. The number of nitrogens with zero attached hydrogens (tertiary/aromatic N) is 1. The molecule has 0 bridgehead atoms. The molecule has 15 heavy (non-hydrogen) atoms. The van der Waals surface area contributed by atoms with E-state index in [-0.39, 0.29) is 6.04 Å². The molecular formula is C13H20N2. The Bertz CT molecular complexity index is 297. The molecule has 1 saturated carbocycles. The van der Waals surface area contributed by atoms with Crippen LogP contribution in [0.3, 0.4) is 0 Å². The summed E-state index contributed by atoms with van der Waals surface area (Å²) in [4.78, 5) is 4.14. The lowest BCUT2D eigenvalue weighted by atomic mass is 9.92. The predicted octanol–water partition coefficient (Wildman–Crippen LogP) is 2.91. The highest BCUT2D eigenvalue weighted by molar-refractivity contribution is 5.14. The molecule has 1 heterocycles. The van der Waals surface area contributed by atoms with Crippen LogP contribution in [0.15, 0.2) is 24.5 Å². The van der Waals surface area contributed by atoms with Gasteiger partial charge < -0.3 is 5.73 Å². The average molecular weight is 204 g/mol. The standard InChI is InChI=1S/C13H20N2/c1-2-10-5-6-11(8-10)13(14)12-4-3-7-15-9-12/h3-4,7,9-11,13H,2,5-6,8,14H2,1H3. The normalized spacial score (nSPS) is 27.9. The molecule has 0 amide bonds. The zero-order valence-corrected chi connectivity index (χ0v) is 9.39. The minimum atomic E-state index is 0.190. The molecule has 2 N–H and O–H groups in total. The van der Waals surface area contributed by atoms with Gasteiger partial charge >= 0.3 is 0 Å². The molecule has 0 radical (unpaired) electrons. The Morgan fingerprint density at radius 3 is 3.00 bits per heavy atom. The Labute approximate surface area is 91.9 Å². The van der Waals surface area contributed by atoms with Crippen molar-refractivity contribution >= 4 is 0 Å². The van der Waals surface area contributed by atoms with Crippen LogP contribution in [0.25, 0.3) is 0 Å². The highest BCUT2D eigenvalue weighted by atomic mass is 14.7. The topological polar surface area (TPSA) is 38.9 Å². The van der Waals surface area contributed by atoms with Crippen molar-refractivity contribution < 1.29 is 0 Å². The second-order valence-electron chi connectivity index (χ2n) is 4.66. The van der Waals surface area contributed by atoms with Gasteiger partial charge in [-0.2, -0.15) is 0 Å². The molecule has 0 aliphatic heterocycles. The first-order valence-corrected chi connectivity index (χ1v) is 5.96. The van der Waals surface area contributed by atoms with E-state index in [1.807, 2.05) is 12.3 Å². The SMILES string of the molecule is CCC1CCC(C(N)c2cccnc2)C1. The van der Waals surface area contributed by atoms with Crippen LogP contribution in [-0.2, 0) is 0 Å². The van der Waals surface area contributed by atoms with E-state index < -0.39 is 0 Å². The Hall–Kier alpha value is -0.890. The fraction of sp³-hybridized carbons (Fsp3) is 0.615. The Morgan fingerprint density at radius 2 is 2.40 bits per heavy atom. The van der Waals surface area contributed by atoms with Gasteiger partial charge in [0, 0.05) is 18.4 Å². The van der Waals surface area contributed by atoms with Crippen molar-refractivity contribution in [2.45, 2.75) is 38.6 Å². The summed E-state index contributed by atoms with van der Waals surface area (Å²) in [5.41, 5.74) is 7.47. The maximum Gasteiger partial charge on any atom is 0.0338 e. The third-order valence-electron chi connectivity index (χ3n) is 3.74. The van der Waals surface area contributed by atoms with E-state index in [0.717, 1.165) is 5.92 Å². The number of hydrogen-bond donors (Lipinski definition) is 1. The molecule has 1 aliphatic rings. The van der Waals surface area contributed by atoms with Gasteiger partial charge in [0.05, 0.1) is 0 Å². The first kappa shape index (κ1) is 10.6. The van der Waals surface area contributed by atoms with E-state index in [9.17, 15) is 0 Å². The highest BCUT2D eigenvalue weighted by Crippen LogP contribution is 2.38. The monoisotopic (exact) mass is 204 g/mol. The van der Waals surface area contributed by atoms with Crippen LogP contribution in [0.1, 0.15) is 44.2 Å². The van der Waals surface area contributed by atoms with Crippen LogP contribution in [0.4, 0.5) is 0 Å². The molecule has 2 rings (SSSR count). The fourth-order valence-corrected chi connectivity index (χ4v) is 2.66. The number of pyridine rings is 1. The molecule has 82 valence electrons. The van der Waals surface area contributed by atoms with Crippen LogP contribution in [0.5, 0.6) is 0 Å². The predicted molar refractivity (Wildman–Crippen MR) is 62.3 cm³/mol. The van der Waals surface area contributed by atoms with Crippen LogP contribution in [0.2, 0.25) is 0 Å². The average Bonchev–Trinajstić information content (AvgIpc) is 2.78. The molecule has 1 aromatic heterocycles. The van der Waals surface area contributed by atoms with E-state index in [4.69, 9.17) is 5.73 Å². The highest BCUT2D eigenvalue weighted by Gasteiger charge is 2.28. The van der Waals surface area contributed by atoms with E-state index in [0.29, 0.717) is 5.92 Å². The van der Waals surface area contributed by atoms with Crippen molar-refractivity contribution in [3.05, 3.63) is 30.1 Å². The van der Waals surface area contributed by atoms with Gasteiger partial charge in [0.1, 0.15) is 0 Å². The van der Waals surface area contributed by atoms with E-state index in [1.165, 1.54) is 31.2 Å². The maximum absolute atomic E-state index is 6.28. The maximum atomic E-state index is 6.28. The van der Waals surface area contributed by atoms with Crippen molar-refractivity contribution in [1.82, 2.24) is 4.98 Å². The van der Waals surface area contributed by atoms with Crippen LogP contribution >= 0.6 is 0 Å². The second kappa shape index (κ2) is 4.75. The molecule has 0 aromatic carbocycles. The number of hydrogen-bond acceptors (Lipinski definition) is 2. The van der Waals surface area contributed by atoms with E-state index >= 15 is 0 Å². The van der Waals surface area contributed by atoms with Crippen molar-refractivity contribution in [3.63, 3.8) is 0 Å². The van der Waals surface area contributed by atoms with Crippen LogP contribution in [0, 0.1) is 11.8 Å². The molecule has 3 atom stereocenters. The minimum Gasteiger partial charge on any atom is -0.324 e. The van der Waals surface area contributed by atoms with Crippen molar-refractivity contribution in [2.75, 3.05) is 0 Å². The van der Waals surface area contributed by atoms with Crippen molar-refractivity contribution in [3.8, 4) is 0 Å². The lowest BCUT2D eigenvalue weighted by Crippen LogP contribution is -2.19. The van der Waals surface area contributed by atoms with Gasteiger partial charge in [-0.1, -0.05) is 25.8 Å². The first-order chi connectivity index (χ1) is 7.31. The summed E-state index contributed by atoms with van der Waals surface area (Å²) in [6.45, 7) is 2.28. The quantitative estimate of drug-likeness (QED) is 0.822. The van der Waals surface area contributed by atoms with Gasteiger partial charge in [-0.05, 0) is 36.3 Å². The summed E-state index contributed by atoms with van der Waals surface area (Å²) in [6.07, 6.45) is 8.95. The van der Waals surface area contributed by atoms with Crippen LogP contribution in [-0.4, -0.2) is 4.98 Å². The molecular weight excluding hydrogens is 184 g/mol. The van der Waals surface area contributed by atoms with E-state index in [1.54, 1.807) is 6.20 Å². The van der Waals surface area contributed by atoms with Crippen LogP contribution < -0.4 is 5.73 Å². The van der Waals surface area contributed by atoms with Crippen molar-refractivity contribution in [1.29, 1.82) is 0 Å².